The number of urea groups is 1. The van der Waals surface area contributed by atoms with Crippen LogP contribution < -0.4 is 10.1 Å². The van der Waals surface area contributed by atoms with E-state index < -0.39 is 12.1 Å². The lowest BCUT2D eigenvalue weighted by molar-refractivity contribution is -0.192. The van der Waals surface area contributed by atoms with Gasteiger partial charge >= 0.3 is 18.2 Å². The van der Waals surface area contributed by atoms with Crippen molar-refractivity contribution < 1.29 is 37.1 Å². The summed E-state index contributed by atoms with van der Waals surface area (Å²) in [5.74, 6) is -1.27. The Morgan fingerprint density at radius 1 is 1.23 bits per heavy atom. The molecule has 2 N–H and O–H groups in total. The minimum absolute atomic E-state index is 0.129. The molecule has 9 nitrogen and oxygen atoms in total. The summed E-state index contributed by atoms with van der Waals surface area (Å²) in [6, 6.07) is 11.4. The molecule has 2 amide bonds. The number of alkyl halides is 3. The van der Waals surface area contributed by atoms with E-state index in [9.17, 15) is 18.0 Å². The van der Waals surface area contributed by atoms with E-state index >= 15 is 0 Å². The van der Waals surface area contributed by atoms with Crippen molar-refractivity contribution in [2.75, 3.05) is 11.9 Å². The Kier molecular flexibility index (Phi) is 8.29. The van der Waals surface area contributed by atoms with Gasteiger partial charge in [0.1, 0.15) is 23.8 Å². The third kappa shape index (κ3) is 7.19. The molecule has 186 valence electrons. The van der Waals surface area contributed by atoms with Crippen LogP contribution in [0.5, 0.6) is 5.75 Å². The summed E-state index contributed by atoms with van der Waals surface area (Å²) < 4.78 is 42.9. The summed E-state index contributed by atoms with van der Waals surface area (Å²) in [5, 5.41) is 14.2. The monoisotopic (exact) mass is 492 g/mol. The van der Waals surface area contributed by atoms with Crippen LogP contribution in [0.3, 0.4) is 0 Å². The maximum absolute atomic E-state index is 12.7. The molecule has 1 aliphatic heterocycles. The van der Waals surface area contributed by atoms with E-state index in [0.717, 1.165) is 23.4 Å². The molecule has 3 aromatic rings. The van der Waals surface area contributed by atoms with Gasteiger partial charge in [0.05, 0.1) is 12.7 Å². The Labute approximate surface area is 198 Å². The zero-order valence-corrected chi connectivity index (χ0v) is 18.7. The Morgan fingerprint density at radius 2 is 1.94 bits per heavy atom. The molecule has 3 heterocycles. The number of amides is 2. The van der Waals surface area contributed by atoms with Crippen LogP contribution in [0.2, 0.25) is 0 Å². The second-order valence-electron chi connectivity index (χ2n) is 7.46. The van der Waals surface area contributed by atoms with Crippen molar-refractivity contribution in [3.8, 4) is 5.75 Å². The highest BCUT2D eigenvalue weighted by atomic mass is 19.4. The first-order valence-electron chi connectivity index (χ1n) is 10.6. The number of carbonyl (C=O) groups excluding carboxylic acids is 1. The first-order valence-corrected chi connectivity index (χ1v) is 10.6. The van der Waals surface area contributed by atoms with Crippen molar-refractivity contribution in [3.63, 3.8) is 0 Å². The van der Waals surface area contributed by atoms with Crippen molar-refractivity contribution in [3.05, 3.63) is 71.4 Å². The van der Waals surface area contributed by atoms with Crippen molar-refractivity contribution in [2.24, 2.45) is 0 Å². The number of aryl methyl sites for hydroxylation is 1. The smallest absolute Gasteiger partial charge is 0.486 e. The van der Waals surface area contributed by atoms with Crippen LogP contribution in [-0.4, -0.2) is 44.9 Å². The molecule has 35 heavy (non-hydrogen) atoms. The van der Waals surface area contributed by atoms with Gasteiger partial charge < -0.3 is 24.6 Å². The number of nitrogens with zero attached hydrogens (tertiary/aromatic N) is 3. The van der Waals surface area contributed by atoms with Gasteiger partial charge in [-0.3, -0.25) is 4.98 Å². The van der Waals surface area contributed by atoms with Crippen LogP contribution >= 0.6 is 0 Å². The van der Waals surface area contributed by atoms with Gasteiger partial charge in [0.2, 0.25) is 0 Å². The predicted molar refractivity (Wildman–Crippen MR) is 118 cm³/mol. The molecular formula is C23H23F3N4O5. The molecule has 0 bridgehead atoms. The second kappa shape index (κ2) is 11.4. The Hall–Kier alpha value is -4.09. The Morgan fingerprint density at radius 3 is 2.54 bits per heavy atom. The van der Waals surface area contributed by atoms with E-state index in [1.165, 1.54) is 5.56 Å². The number of pyridine rings is 1. The van der Waals surface area contributed by atoms with Crippen LogP contribution in [0.25, 0.3) is 0 Å². The highest BCUT2D eigenvalue weighted by molar-refractivity contribution is 5.89. The van der Waals surface area contributed by atoms with Gasteiger partial charge in [-0.1, -0.05) is 24.2 Å². The van der Waals surface area contributed by atoms with Crippen LogP contribution in [-0.2, 0) is 30.8 Å². The van der Waals surface area contributed by atoms with E-state index in [4.69, 9.17) is 19.2 Å². The summed E-state index contributed by atoms with van der Waals surface area (Å²) in [4.78, 5) is 27.4. The number of carboxylic acids is 1. The predicted octanol–water partition coefficient (Wildman–Crippen LogP) is 4.43. The highest BCUT2D eigenvalue weighted by Crippen LogP contribution is 2.24. The third-order valence-electron chi connectivity index (χ3n) is 5.06. The number of aliphatic carboxylic acids is 1. The summed E-state index contributed by atoms with van der Waals surface area (Å²) >= 11 is 0. The van der Waals surface area contributed by atoms with E-state index in [2.05, 4.69) is 22.4 Å². The number of nitrogens with one attached hydrogen (secondary N) is 1. The van der Waals surface area contributed by atoms with Crippen molar-refractivity contribution in [1.29, 1.82) is 0 Å². The second-order valence-corrected chi connectivity index (χ2v) is 7.46. The van der Waals surface area contributed by atoms with Crippen molar-refractivity contribution >= 4 is 17.7 Å². The topological polar surface area (TPSA) is 118 Å². The molecule has 12 heteroatoms. The zero-order valence-electron chi connectivity index (χ0n) is 18.7. The number of anilines is 1. The lowest BCUT2D eigenvalue weighted by Crippen LogP contribution is -2.38. The number of ether oxygens (including phenoxy) is 1. The number of fused-ring (bicyclic) bond motifs is 1. The van der Waals surface area contributed by atoms with E-state index in [1.807, 2.05) is 36.4 Å². The van der Waals surface area contributed by atoms with Crippen LogP contribution in [0, 0.1) is 0 Å². The highest BCUT2D eigenvalue weighted by Gasteiger charge is 2.38. The first-order chi connectivity index (χ1) is 16.7. The number of rotatable bonds is 5. The van der Waals surface area contributed by atoms with Crippen LogP contribution in [0.15, 0.2) is 53.3 Å². The fraction of sp³-hybridized carbons (Fsp3) is 0.304. The van der Waals surface area contributed by atoms with Gasteiger partial charge in [-0.25, -0.2) is 9.59 Å². The van der Waals surface area contributed by atoms with Gasteiger partial charge in [-0.05, 0) is 36.2 Å². The van der Waals surface area contributed by atoms with Gasteiger partial charge in [-0.15, -0.1) is 0 Å². The molecule has 1 aromatic carbocycles. The van der Waals surface area contributed by atoms with Gasteiger partial charge in [0, 0.05) is 30.4 Å². The molecule has 0 fully saturated rings. The standard InChI is InChI=1S/C21H22N4O3.C2HF3O2/c1-2-15-5-7-16(8-6-15)23-21(26)25-11-9-20-18(13-25)19(24-28-20)14-27-17-4-3-10-22-12-17;3-2(4,5)1(6)7/h3-8,10,12H,2,9,11,13-14H2,1H3,(H,23,26);(H,6,7). The van der Waals surface area contributed by atoms with Gasteiger partial charge in [-0.2, -0.15) is 13.2 Å². The molecule has 0 aliphatic carbocycles. The number of carboxylic acid groups (broad SMARTS) is 1. The number of hydrogen-bond donors (Lipinski definition) is 2. The fourth-order valence-electron chi connectivity index (χ4n) is 3.16. The summed E-state index contributed by atoms with van der Waals surface area (Å²) in [7, 11) is 0. The van der Waals surface area contributed by atoms with Gasteiger partial charge in [0.15, 0.2) is 0 Å². The van der Waals surface area contributed by atoms with Crippen LogP contribution in [0.4, 0.5) is 23.7 Å². The van der Waals surface area contributed by atoms with E-state index in [-0.39, 0.29) is 12.6 Å². The maximum Gasteiger partial charge on any atom is 0.490 e. The average molecular weight is 492 g/mol. The lowest BCUT2D eigenvalue weighted by atomic mass is 10.1. The molecule has 0 radical (unpaired) electrons. The summed E-state index contributed by atoms with van der Waals surface area (Å²) in [6.45, 7) is 3.42. The average Bonchev–Trinajstić information content (AvgIpc) is 3.26. The largest absolute Gasteiger partial charge is 0.490 e. The molecule has 1 aliphatic rings. The number of carbonyl (C=O) groups is 2. The first kappa shape index (κ1) is 25.5. The minimum atomic E-state index is -5.08. The maximum atomic E-state index is 12.7. The summed E-state index contributed by atoms with van der Waals surface area (Å²) in [5.41, 5.74) is 3.66. The van der Waals surface area contributed by atoms with Crippen LogP contribution in [0.1, 0.15) is 29.5 Å². The minimum Gasteiger partial charge on any atom is -0.486 e. The molecule has 0 spiro atoms. The molecule has 0 saturated carbocycles. The lowest BCUT2D eigenvalue weighted by Gasteiger charge is -2.26. The molecule has 2 aromatic heterocycles. The SMILES string of the molecule is CCc1ccc(NC(=O)N2CCc3onc(COc4cccnc4)c3C2)cc1.O=C(O)C(F)(F)F. The van der Waals surface area contributed by atoms with Crippen molar-refractivity contribution in [1.82, 2.24) is 15.0 Å². The van der Waals surface area contributed by atoms with Crippen molar-refractivity contribution in [2.45, 2.75) is 39.1 Å². The van der Waals surface area contributed by atoms with E-state index in [1.54, 1.807) is 17.3 Å². The molecule has 0 saturated heterocycles. The third-order valence-corrected chi connectivity index (χ3v) is 5.06. The Balaban J connectivity index is 0.000000429. The molecule has 0 atom stereocenters. The normalized spacial score (nSPS) is 12.7. The quantitative estimate of drug-likeness (QED) is 0.541. The summed E-state index contributed by atoms with van der Waals surface area (Å²) in [6.07, 6.45) is -0.134. The number of aromatic nitrogens is 2. The number of benzene rings is 1. The van der Waals surface area contributed by atoms with Gasteiger partial charge in [0.25, 0.3) is 0 Å². The molecule has 4 rings (SSSR count). The Bertz CT molecular complexity index is 1130. The fourth-order valence-corrected chi connectivity index (χ4v) is 3.16. The number of halogens is 3. The number of hydrogen-bond acceptors (Lipinski definition) is 6. The molecule has 0 unspecified atom stereocenters. The van der Waals surface area contributed by atoms with E-state index in [0.29, 0.717) is 31.0 Å². The zero-order chi connectivity index (χ0) is 25.4. The molecular weight excluding hydrogens is 469 g/mol.